The molecule has 116 valence electrons. The van der Waals surface area contributed by atoms with Gasteiger partial charge >= 0.3 is 0 Å². The molecule has 2 N–H and O–H groups in total. The minimum absolute atomic E-state index is 0.144. The highest BCUT2D eigenvalue weighted by atomic mass is 16.5. The Morgan fingerprint density at radius 3 is 2.77 bits per heavy atom. The topological polar surface area (TPSA) is 59.1 Å². The van der Waals surface area contributed by atoms with Crippen LogP contribution in [0.5, 0.6) is 0 Å². The van der Waals surface area contributed by atoms with Gasteiger partial charge in [-0.25, -0.2) is 9.97 Å². The highest BCUT2D eigenvalue weighted by molar-refractivity contribution is 5.54. The van der Waals surface area contributed by atoms with Crippen molar-refractivity contribution in [2.75, 3.05) is 25.0 Å². The van der Waals surface area contributed by atoms with E-state index in [2.05, 4.69) is 39.7 Å². The summed E-state index contributed by atoms with van der Waals surface area (Å²) in [6, 6.07) is 8.26. The first-order valence-electron chi connectivity index (χ1n) is 7.78. The maximum Gasteiger partial charge on any atom is 0.227 e. The highest BCUT2D eigenvalue weighted by Crippen LogP contribution is 2.22. The summed E-state index contributed by atoms with van der Waals surface area (Å²) in [7, 11) is 0. The Hall–Kier alpha value is -1.98. The molecule has 1 aliphatic rings. The van der Waals surface area contributed by atoms with Crippen molar-refractivity contribution in [3.05, 3.63) is 47.3 Å². The van der Waals surface area contributed by atoms with Crippen molar-refractivity contribution in [2.45, 2.75) is 26.4 Å². The van der Waals surface area contributed by atoms with E-state index < -0.39 is 0 Å². The van der Waals surface area contributed by atoms with Crippen LogP contribution in [0.4, 0.5) is 11.6 Å². The fraction of sp³-hybridized carbons (Fsp3) is 0.412. The Labute approximate surface area is 131 Å². The van der Waals surface area contributed by atoms with Crippen molar-refractivity contribution < 1.29 is 4.74 Å². The molecule has 0 radical (unpaired) electrons. The first-order chi connectivity index (χ1) is 10.8. The van der Waals surface area contributed by atoms with Crippen LogP contribution in [-0.2, 0) is 11.2 Å². The van der Waals surface area contributed by atoms with E-state index in [4.69, 9.17) is 4.74 Å². The Kier molecular flexibility index (Phi) is 4.65. The van der Waals surface area contributed by atoms with Crippen LogP contribution in [-0.4, -0.2) is 29.7 Å². The fourth-order valence-corrected chi connectivity index (χ4v) is 2.59. The molecule has 3 rings (SSSR count). The van der Waals surface area contributed by atoms with E-state index in [1.807, 2.05) is 25.3 Å². The van der Waals surface area contributed by atoms with Crippen LogP contribution in [0.1, 0.15) is 29.8 Å². The van der Waals surface area contributed by atoms with Crippen LogP contribution in [0.25, 0.3) is 0 Å². The second-order valence-electron chi connectivity index (χ2n) is 5.47. The van der Waals surface area contributed by atoms with Gasteiger partial charge in [-0.1, -0.05) is 19.1 Å². The van der Waals surface area contributed by atoms with Crippen LogP contribution < -0.4 is 10.6 Å². The molecule has 0 amide bonds. The molecule has 1 aliphatic heterocycles. The van der Waals surface area contributed by atoms with Gasteiger partial charge in [0.15, 0.2) is 0 Å². The second-order valence-corrected chi connectivity index (χ2v) is 5.47. The molecule has 0 unspecified atom stereocenters. The number of aromatic nitrogens is 2. The van der Waals surface area contributed by atoms with Crippen LogP contribution in [0, 0.1) is 6.92 Å². The number of hydrogen-bond acceptors (Lipinski definition) is 5. The van der Waals surface area contributed by atoms with E-state index in [0.717, 1.165) is 37.5 Å². The smallest absolute Gasteiger partial charge is 0.227 e. The molecule has 2 aromatic rings. The predicted octanol–water partition coefficient (Wildman–Crippen LogP) is 2.75. The molecule has 1 saturated heterocycles. The number of rotatable bonds is 4. The van der Waals surface area contributed by atoms with Gasteiger partial charge in [0.1, 0.15) is 0 Å². The van der Waals surface area contributed by atoms with Crippen molar-refractivity contribution in [3.63, 3.8) is 0 Å². The summed E-state index contributed by atoms with van der Waals surface area (Å²) in [6.45, 7) is 6.69. The molecule has 22 heavy (non-hydrogen) atoms. The number of hydrogen-bond donors (Lipinski definition) is 2. The normalized spacial score (nSPS) is 18.2. The van der Waals surface area contributed by atoms with Crippen molar-refractivity contribution in [1.29, 1.82) is 0 Å². The average molecular weight is 298 g/mol. The van der Waals surface area contributed by atoms with Crippen LogP contribution in [0.2, 0.25) is 0 Å². The SMILES string of the molecule is CCc1cnc(Nc2ccc([C@H]3CNCCO3)cc2)nc1C. The molecule has 0 saturated carbocycles. The van der Waals surface area contributed by atoms with E-state index in [1.165, 1.54) is 11.1 Å². The largest absolute Gasteiger partial charge is 0.371 e. The first-order valence-corrected chi connectivity index (χ1v) is 7.78. The molecular formula is C17H22N4O. The van der Waals surface area contributed by atoms with Gasteiger partial charge in [0.25, 0.3) is 0 Å². The summed E-state index contributed by atoms with van der Waals surface area (Å²) < 4.78 is 5.76. The molecule has 0 aliphatic carbocycles. The Morgan fingerprint density at radius 2 is 2.14 bits per heavy atom. The third kappa shape index (κ3) is 3.43. The second kappa shape index (κ2) is 6.85. The monoisotopic (exact) mass is 298 g/mol. The predicted molar refractivity (Wildman–Crippen MR) is 87.4 cm³/mol. The zero-order chi connectivity index (χ0) is 15.4. The maximum absolute atomic E-state index is 5.76. The molecule has 5 heteroatoms. The van der Waals surface area contributed by atoms with Crippen LogP contribution in [0.15, 0.2) is 30.5 Å². The quantitative estimate of drug-likeness (QED) is 0.909. The summed E-state index contributed by atoms with van der Waals surface area (Å²) in [4.78, 5) is 8.86. The Bertz CT molecular complexity index is 621. The number of nitrogens with one attached hydrogen (secondary N) is 2. The van der Waals surface area contributed by atoms with Crippen LogP contribution >= 0.6 is 0 Å². The summed E-state index contributed by atoms with van der Waals surface area (Å²) >= 11 is 0. The lowest BCUT2D eigenvalue weighted by atomic mass is 10.1. The van der Waals surface area contributed by atoms with Crippen LogP contribution in [0.3, 0.4) is 0 Å². The molecular weight excluding hydrogens is 276 g/mol. The van der Waals surface area contributed by atoms with E-state index >= 15 is 0 Å². The summed E-state index contributed by atoms with van der Waals surface area (Å²) in [5.41, 5.74) is 4.38. The number of ether oxygens (including phenoxy) is 1. The molecule has 0 spiro atoms. The van der Waals surface area contributed by atoms with Gasteiger partial charge in [-0.15, -0.1) is 0 Å². The molecule has 2 heterocycles. The van der Waals surface area contributed by atoms with Crippen molar-refractivity contribution in [1.82, 2.24) is 15.3 Å². The van der Waals surface area contributed by atoms with E-state index in [1.54, 1.807) is 0 Å². The third-order valence-corrected chi connectivity index (χ3v) is 3.93. The Balaban J connectivity index is 1.69. The molecule has 1 atom stereocenters. The molecule has 5 nitrogen and oxygen atoms in total. The van der Waals surface area contributed by atoms with Gasteiger partial charge in [-0.3, -0.25) is 0 Å². The summed E-state index contributed by atoms with van der Waals surface area (Å²) in [6.07, 6.45) is 2.99. The summed E-state index contributed by atoms with van der Waals surface area (Å²) in [5.74, 6) is 0.637. The lowest BCUT2D eigenvalue weighted by Crippen LogP contribution is -2.33. The maximum atomic E-state index is 5.76. The van der Waals surface area contributed by atoms with Gasteiger partial charge in [-0.05, 0) is 36.6 Å². The Morgan fingerprint density at radius 1 is 1.32 bits per heavy atom. The summed E-state index contributed by atoms with van der Waals surface area (Å²) in [5, 5.41) is 6.59. The molecule has 1 fully saturated rings. The van der Waals surface area contributed by atoms with Gasteiger partial charge in [-0.2, -0.15) is 0 Å². The van der Waals surface area contributed by atoms with Gasteiger partial charge < -0.3 is 15.4 Å². The number of anilines is 2. The minimum atomic E-state index is 0.144. The third-order valence-electron chi connectivity index (χ3n) is 3.93. The number of aryl methyl sites for hydroxylation is 2. The number of morpholine rings is 1. The first kappa shape index (κ1) is 14.9. The fourth-order valence-electron chi connectivity index (χ4n) is 2.59. The minimum Gasteiger partial charge on any atom is -0.371 e. The number of nitrogens with zero attached hydrogens (tertiary/aromatic N) is 2. The zero-order valence-corrected chi connectivity index (χ0v) is 13.1. The van der Waals surface area contributed by atoms with E-state index in [0.29, 0.717) is 5.95 Å². The standard InChI is InChI=1S/C17H22N4O/c1-3-13-10-19-17(20-12(13)2)21-15-6-4-14(5-7-15)16-11-18-8-9-22-16/h4-7,10,16,18H,3,8-9,11H2,1-2H3,(H,19,20,21)/t16-/m1/s1. The van der Waals surface area contributed by atoms with Gasteiger partial charge in [0, 0.05) is 30.7 Å². The lowest BCUT2D eigenvalue weighted by molar-refractivity contribution is 0.0277. The van der Waals surface area contributed by atoms with Gasteiger partial charge in [0.2, 0.25) is 5.95 Å². The molecule has 1 aromatic heterocycles. The molecule has 0 bridgehead atoms. The lowest BCUT2D eigenvalue weighted by Gasteiger charge is -2.24. The van der Waals surface area contributed by atoms with E-state index in [9.17, 15) is 0 Å². The van der Waals surface area contributed by atoms with Crippen molar-refractivity contribution in [3.8, 4) is 0 Å². The number of benzene rings is 1. The highest BCUT2D eigenvalue weighted by Gasteiger charge is 2.15. The zero-order valence-electron chi connectivity index (χ0n) is 13.1. The van der Waals surface area contributed by atoms with E-state index in [-0.39, 0.29) is 6.10 Å². The van der Waals surface area contributed by atoms with Gasteiger partial charge in [0.05, 0.1) is 12.7 Å². The van der Waals surface area contributed by atoms with Crippen molar-refractivity contribution in [2.24, 2.45) is 0 Å². The van der Waals surface area contributed by atoms with Crippen molar-refractivity contribution >= 4 is 11.6 Å². The molecule has 1 aromatic carbocycles. The average Bonchev–Trinajstić information content (AvgIpc) is 2.57.